The van der Waals surface area contributed by atoms with Gasteiger partial charge in [-0.3, -0.25) is 0 Å². The molecule has 0 bridgehead atoms. The van der Waals surface area contributed by atoms with Crippen molar-refractivity contribution < 1.29 is 5.11 Å². The summed E-state index contributed by atoms with van der Waals surface area (Å²) in [4.78, 5) is 6.82. The van der Waals surface area contributed by atoms with E-state index in [0.717, 1.165) is 24.3 Å². The molecular weight excluding hydrogens is 212 g/mol. The smallest absolute Gasteiger partial charge is 0.129 e. The maximum absolute atomic E-state index is 9.57. The number of aryl methyl sites for hydroxylation is 1. The van der Waals surface area contributed by atoms with E-state index in [1.165, 1.54) is 10.9 Å². The van der Waals surface area contributed by atoms with Crippen molar-refractivity contribution in [2.75, 3.05) is 18.0 Å². The average molecular weight is 228 g/mol. The topological polar surface area (TPSA) is 36.4 Å². The van der Waals surface area contributed by atoms with Crippen LogP contribution >= 0.6 is 0 Å². The minimum absolute atomic E-state index is 0.205. The quantitative estimate of drug-likeness (QED) is 0.812. The van der Waals surface area contributed by atoms with Crippen LogP contribution in [0.25, 0.3) is 10.9 Å². The summed E-state index contributed by atoms with van der Waals surface area (Å²) in [6.45, 7) is 3.71. The van der Waals surface area contributed by atoms with Crippen molar-refractivity contribution in [3.8, 4) is 0 Å². The SMILES string of the molecule is Cc1cc(N2CCC(O)C2)nc2ccccc12. The van der Waals surface area contributed by atoms with Crippen LogP contribution in [0, 0.1) is 6.92 Å². The summed E-state index contributed by atoms with van der Waals surface area (Å²) >= 11 is 0. The van der Waals surface area contributed by atoms with Gasteiger partial charge < -0.3 is 10.0 Å². The summed E-state index contributed by atoms with van der Waals surface area (Å²) in [6.07, 6.45) is 0.636. The van der Waals surface area contributed by atoms with Crippen LogP contribution in [0.5, 0.6) is 0 Å². The van der Waals surface area contributed by atoms with Gasteiger partial charge in [-0.1, -0.05) is 18.2 Å². The van der Waals surface area contributed by atoms with E-state index in [0.29, 0.717) is 6.54 Å². The molecule has 0 aliphatic carbocycles. The maximum Gasteiger partial charge on any atom is 0.129 e. The number of benzene rings is 1. The molecule has 0 saturated carbocycles. The van der Waals surface area contributed by atoms with Crippen LogP contribution in [0.2, 0.25) is 0 Å². The molecule has 1 aromatic carbocycles. The molecular formula is C14H16N2O. The van der Waals surface area contributed by atoms with Gasteiger partial charge in [0.1, 0.15) is 5.82 Å². The fourth-order valence-corrected chi connectivity index (χ4v) is 2.44. The first kappa shape index (κ1) is 10.5. The van der Waals surface area contributed by atoms with Gasteiger partial charge in [0.05, 0.1) is 11.6 Å². The number of nitrogens with zero attached hydrogens (tertiary/aromatic N) is 2. The second-order valence-corrected chi connectivity index (χ2v) is 4.70. The molecule has 1 saturated heterocycles. The number of pyridine rings is 1. The molecule has 1 unspecified atom stereocenters. The molecule has 1 aromatic heterocycles. The molecule has 1 fully saturated rings. The molecule has 3 nitrogen and oxygen atoms in total. The van der Waals surface area contributed by atoms with Gasteiger partial charge in [0.2, 0.25) is 0 Å². The van der Waals surface area contributed by atoms with Crippen molar-refractivity contribution in [3.05, 3.63) is 35.9 Å². The van der Waals surface area contributed by atoms with Gasteiger partial charge in [-0.15, -0.1) is 0 Å². The Bertz CT molecular complexity index is 553. The van der Waals surface area contributed by atoms with Gasteiger partial charge in [-0.05, 0) is 31.0 Å². The summed E-state index contributed by atoms with van der Waals surface area (Å²) < 4.78 is 0. The van der Waals surface area contributed by atoms with Gasteiger partial charge in [-0.25, -0.2) is 4.98 Å². The molecule has 1 aliphatic rings. The van der Waals surface area contributed by atoms with Gasteiger partial charge in [0.15, 0.2) is 0 Å². The van der Waals surface area contributed by atoms with Crippen molar-refractivity contribution >= 4 is 16.7 Å². The van der Waals surface area contributed by atoms with Gasteiger partial charge >= 0.3 is 0 Å². The number of hydrogen-bond acceptors (Lipinski definition) is 3. The predicted molar refractivity (Wildman–Crippen MR) is 69.3 cm³/mol. The van der Waals surface area contributed by atoms with Gasteiger partial charge in [0, 0.05) is 18.5 Å². The second kappa shape index (κ2) is 4.00. The Morgan fingerprint density at radius 1 is 1.35 bits per heavy atom. The summed E-state index contributed by atoms with van der Waals surface area (Å²) in [7, 11) is 0. The van der Waals surface area contributed by atoms with Crippen molar-refractivity contribution in [2.24, 2.45) is 0 Å². The number of rotatable bonds is 1. The van der Waals surface area contributed by atoms with Crippen LogP contribution in [0.15, 0.2) is 30.3 Å². The summed E-state index contributed by atoms with van der Waals surface area (Å²) in [5.41, 5.74) is 2.27. The average Bonchev–Trinajstić information content (AvgIpc) is 2.76. The minimum atomic E-state index is -0.205. The van der Waals surface area contributed by atoms with E-state index in [1.54, 1.807) is 0 Å². The summed E-state index contributed by atoms with van der Waals surface area (Å²) in [6, 6.07) is 10.3. The van der Waals surface area contributed by atoms with Crippen molar-refractivity contribution in [1.29, 1.82) is 0 Å². The van der Waals surface area contributed by atoms with Crippen LogP contribution in [0.1, 0.15) is 12.0 Å². The molecule has 0 radical (unpaired) electrons. The number of para-hydroxylation sites is 1. The standard InChI is InChI=1S/C14H16N2O/c1-10-8-14(16-7-6-11(17)9-16)15-13-5-3-2-4-12(10)13/h2-5,8,11,17H,6-7,9H2,1H3. The number of aliphatic hydroxyl groups excluding tert-OH is 1. The minimum Gasteiger partial charge on any atom is -0.391 e. The Morgan fingerprint density at radius 2 is 2.18 bits per heavy atom. The van der Waals surface area contributed by atoms with Crippen LogP contribution in [-0.2, 0) is 0 Å². The Kier molecular flexibility index (Phi) is 2.48. The summed E-state index contributed by atoms with van der Waals surface area (Å²) in [5.74, 6) is 0.984. The molecule has 17 heavy (non-hydrogen) atoms. The third-order valence-corrected chi connectivity index (χ3v) is 3.40. The highest BCUT2D eigenvalue weighted by Gasteiger charge is 2.21. The number of fused-ring (bicyclic) bond motifs is 1. The zero-order valence-corrected chi connectivity index (χ0v) is 9.93. The van der Waals surface area contributed by atoms with Gasteiger partial charge in [-0.2, -0.15) is 0 Å². The van der Waals surface area contributed by atoms with Crippen molar-refractivity contribution in [3.63, 3.8) is 0 Å². The zero-order valence-electron chi connectivity index (χ0n) is 9.93. The maximum atomic E-state index is 9.57. The Hall–Kier alpha value is -1.61. The van der Waals surface area contributed by atoms with Gasteiger partial charge in [0.25, 0.3) is 0 Å². The molecule has 1 atom stereocenters. The Balaban J connectivity index is 2.06. The van der Waals surface area contributed by atoms with Crippen LogP contribution < -0.4 is 4.90 Å². The summed E-state index contributed by atoms with van der Waals surface area (Å²) in [5, 5.41) is 10.8. The molecule has 2 aromatic rings. The highest BCUT2D eigenvalue weighted by Crippen LogP contribution is 2.24. The monoisotopic (exact) mass is 228 g/mol. The van der Waals surface area contributed by atoms with Crippen molar-refractivity contribution in [1.82, 2.24) is 4.98 Å². The normalized spacial score (nSPS) is 20.1. The van der Waals surface area contributed by atoms with E-state index in [2.05, 4.69) is 28.9 Å². The van der Waals surface area contributed by atoms with E-state index in [4.69, 9.17) is 0 Å². The first-order valence-corrected chi connectivity index (χ1v) is 6.03. The highest BCUT2D eigenvalue weighted by molar-refractivity contribution is 5.83. The lowest BCUT2D eigenvalue weighted by molar-refractivity contribution is 0.198. The Morgan fingerprint density at radius 3 is 2.94 bits per heavy atom. The number of β-amino-alcohol motifs (C(OH)–C–C–N with tert-alkyl or cyclic N) is 1. The fraction of sp³-hybridized carbons (Fsp3) is 0.357. The lowest BCUT2D eigenvalue weighted by atomic mass is 10.1. The third kappa shape index (κ3) is 1.87. The number of hydrogen-bond donors (Lipinski definition) is 1. The van der Waals surface area contributed by atoms with E-state index < -0.39 is 0 Å². The zero-order chi connectivity index (χ0) is 11.8. The van der Waals surface area contributed by atoms with Crippen molar-refractivity contribution in [2.45, 2.75) is 19.4 Å². The predicted octanol–water partition coefficient (Wildman–Crippen LogP) is 2.11. The third-order valence-electron chi connectivity index (χ3n) is 3.40. The van der Waals surface area contributed by atoms with Crippen LogP contribution in [0.3, 0.4) is 0 Å². The van der Waals surface area contributed by atoms with E-state index in [1.807, 2.05) is 18.2 Å². The number of aromatic nitrogens is 1. The lowest BCUT2D eigenvalue weighted by Gasteiger charge is -2.18. The molecule has 0 spiro atoms. The van der Waals surface area contributed by atoms with Crippen LogP contribution in [-0.4, -0.2) is 29.3 Å². The molecule has 1 aliphatic heterocycles. The molecule has 0 amide bonds. The van der Waals surface area contributed by atoms with E-state index in [-0.39, 0.29) is 6.10 Å². The first-order valence-electron chi connectivity index (χ1n) is 6.03. The highest BCUT2D eigenvalue weighted by atomic mass is 16.3. The van der Waals surface area contributed by atoms with Crippen LogP contribution in [0.4, 0.5) is 5.82 Å². The number of anilines is 1. The Labute approximate surface area is 101 Å². The molecule has 2 heterocycles. The molecule has 1 N–H and O–H groups in total. The van der Waals surface area contributed by atoms with E-state index in [9.17, 15) is 5.11 Å². The van der Waals surface area contributed by atoms with E-state index >= 15 is 0 Å². The molecule has 88 valence electrons. The lowest BCUT2D eigenvalue weighted by Crippen LogP contribution is -2.22. The fourth-order valence-electron chi connectivity index (χ4n) is 2.44. The first-order chi connectivity index (χ1) is 8.24. The second-order valence-electron chi connectivity index (χ2n) is 4.70. The number of aliphatic hydroxyl groups is 1. The molecule has 3 heteroatoms. The molecule has 3 rings (SSSR count). The largest absolute Gasteiger partial charge is 0.391 e.